The SMILES string of the molecule is CCn1cc(C2CC2C(=O)O)cn1. The molecule has 0 aromatic carbocycles. The molecular weight excluding hydrogens is 168 g/mol. The first kappa shape index (κ1) is 8.29. The third-order valence-electron chi connectivity index (χ3n) is 2.51. The summed E-state index contributed by atoms with van der Waals surface area (Å²) < 4.78 is 1.83. The van der Waals surface area contributed by atoms with Gasteiger partial charge in [-0.15, -0.1) is 0 Å². The van der Waals surface area contributed by atoms with Crippen LogP contribution in [-0.2, 0) is 11.3 Å². The molecule has 1 aromatic rings. The Morgan fingerprint density at radius 1 is 1.85 bits per heavy atom. The van der Waals surface area contributed by atoms with E-state index in [1.54, 1.807) is 6.20 Å². The summed E-state index contributed by atoms with van der Waals surface area (Å²) >= 11 is 0. The number of carboxylic acids is 1. The van der Waals surface area contributed by atoms with E-state index in [0.717, 1.165) is 18.5 Å². The predicted molar refractivity (Wildman–Crippen MR) is 46.4 cm³/mol. The van der Waals surface area contributed by atoms with E-state index < -0.39 is 5.97 Å². The molecule has 0 aliphatic heterocycles. The minimum atomic E-state index is -0.686. The highest BCUT2D eigenvalue weighted by atomic mass is 16.4. The highest BCUT2D eigenvalue weighted by molar-refractivity contribution is 5.75. The van der Waals surface area contributed by atoms with Crippen LogP contribution in [0.5, 0.6) is 0 Å². The second kappa shape index (κ2) is 2.87. The Bertz CT molecular complexity index is 332. The van der Waals surface area contributed by atoms with Crippen molar-refractivity contribution in [3.63, 3.8) is 0 Å². The van der Waals surface area contributed by atoms with Crippen molar-refractivity contribution in [1.29, 1.82) is 0 Å². The highest BCUT2D eigenvalue weighted by Gasteiger charge is 2.44. The molecule has 0 spiro atoms. The smallest absolute Gasteiger partial charge is 0.307 e. The van der Waals surface area contributed by atoms with Gasteiger partial charge in [0.2, 0.25) is 0 Å². The molecule has 0 amide bonds. The van der Waals surface area contributed by atoms with Crippen LogP contribution in [0.1, 0.15) is 24.8 Å². The van der Waals surface area contributed by atoms with E-state index in [-0.39, 0.29) is 11.8 Å². The molecule has 4 heteroatoms. The van der Waals surface area contributed by atoms with Crippen LogP contribution in [-0.4, -0.2) is 20.9 Å². The minimum Gasteiger partial charge on any atom is -0.481 e. The highest BCUT2D eigenvalue weighted by Crippen LogP contribution is 2.47. The Labute approximate surface area is 76.2 Å². The molecule has 0 saturated heterocycles. The van der Waals surface area contributed by atoms with E-state index >= 15 is 0 Å². The molecule has 4 nitrogen and oxygen atoms in total. The Hall–Kier alpha value is -1.32. The molecule has 2 atom stereocenters. The molecule has 1 aliphatic rings. The topological polar surface area (TPSA) is 55.1 Å². The monoisotopic (exact) mass is 180 g/mol. The minimum absolute atomic E-state index is 0.172. The molecule has 1 aromatic heterocycles. The maximum atomic E-state index is 10.6. The van der Waals surface area contributed by atoms with Gasteiger partial charge in [0.15, 0.2) is 0 Å². The number of hydrogen-bond acceptors (Lipinski definition) is 2. The fraction of sp³-hybridized carbons (Fsp3) is 0.556. The van der Waals surface area contributed by atoms with Crippen LogP contribution in [0.15, 0.2) is 12.4 Å². The standard InChI is InChI=1S/C9H12N2O2/c1-2-11-5-6(4-10-11)7-3-8(7)9(12)13/h4-5,7-8H,2-3H2,1H3,(H,12,13). The van der Waals surface area contributed by atoms with E-state index in [0.29, 0.717) is 0 Å². The predicted octanol–water partition coefficient (Wildman–Crippen LogP) is 1.09. The average Bonchev–Trinajstić information content (AvgIpc) is 2.78. The van der Waals surface area contributed by atoms with Gasteiger partial charge in [0, 0.05) is 18.7 Å². The maximum Gasteiger partial charge on any atom is 0.307 e. The van der Waals surface area contributed by atoms with Crippen molar-refractivity contribution in [1.82, 2.24) is 9.78 Å². The first-order valence-corrected chi connectivity index (χ1v) is 4.47. The van der Waals surface area contributed by atoms with Crippen molar-refractivity contribution < 1.29 is 9.90 Å². The number of nitrogens with zero attached hydrogens (tertiary/aromatic N) is 2. The number of hydrogen-bond donors (Lipinski definition) is 1. The molecule has 1 N–H and O–H groups in total. The fourth-order valence-electron chi connectivity index (χ4n) is 1.58. The first-order valence-electron chi connectivity index (χ1n) is 4.47. The van der Waals surface area contributed by atoms with Gasteiger partial charge in [0.1, 0.15) is 0 Å². The zero-order valence-electron chi connectivity index (χ0n) is 7.47. The van der Waals surface area contributed by atoms with Crippen LogP contribution in [0, 0.1) is 5.92 Å². The summed E-state index contributed by atoms with van der Waals surface area (Å²) in [5.41, 5.74) is 1.06. The zero-order chi connectivity index (χ0) is 9.42. The zero-order valence-corrected chi connectivity index (χ0v) is 7.47. The third-order valence-corrected chi connectivity index (χ3v) is 2.51. The molecule has 1 heterocycles. The number of carboxylic acid groups (broad SMARTS) is 1. The van der Waals surface area contributed by atoms with Gasteiger partial charge in [-0.2, -0.15) is 5.10 Å². The second-order valence-corrected chi connectivity index (χ2v) is 3.42. The summed E-state index contributed by atoms with van der Waals surface area (Å²) in [7, 11) is 0. The van der Waals surface area contributed by atoms with Gasteiger partial charge in [0.25, 0.3) is 0 Å². The summed E-state index contributed by atoms with van der Waals surface area (Å²) in [6.07, 6.45) is 4.48. The van der Waals surface area contributed by atoms with E-state index in [1.165, 1.54) is 0 Å². The second-order valence-electron chi connectivity index (χ2n) is 3.42. The number of rotatable bonds is 3. The molecule has 2 rings (SSSR count). The molecule has 0 radical (unpaired) electrons. The third kappa shape index (κ3) is 1.43. The number of carbonyl (C=O) groups is 1. The fourth-order valence-corrected chi connectivity index (χ4v) is 1.58. The molecule has 0 bridgehead atoms. The lowest BCUT2D eigenvalue weighted by atomic mass is 10.2. The number of aliphatic carboxylic acids is 1. The molecule has 13 heavy (non-hydrogen) atoms. The first-order chi connectivity index (χ1) is 6.22. The summed E-state index contributed by atoms with van der Waals surface area (Å²) in [5.74, 6) is -0.651. The van der Waals surface area contributed by atoms with Crippen molar-refractivity contribution in [3.8, 4) is 0 Å². The Morgan fingerprint density at radius 2 is 2.62 bits per heavy atom. The van der Waals surface area contributed by atoms with Crippen molar-refractivity contribution in [3.05, 3.63) is 18.0 Å². The van der Waals surface area contributed by atoms with Crippen LogP contribution >= 0.6 is 0 Å². The van der Waals surface area contributed by atoms with E-state index in [1.807, 2.05) is 17.8 Å². The van der Waals surface area contributed by atoms with Gasteiger partial charge < -0.3 is 5.11 Å². The van der Waals surface area contributed by atoms with Crippen LogP contribution < -0.4 is 0 Å². The normalized spacial score (nSPS) is 25.9. The summed E-state index contributed by atoms with van der Waals surface area (Å²) in [5, 5.41) is 12.8. The Morgan fingerprint density at radius 3 is 3.08 bits per heavy atom. The lowest BCUT2D eigenvalue weighted by molar-refractivity contribution is -0.138. The average molecular weight is 180 g/mol. The number of aromatic nitrogens is 2. The summed E-state index contributed by atoms with van der Waals surface area (Å²) in [4.78, 5) is 10.6. The lowest BCUT2D eigenvalue weighted by Gasteiger charge is -1.91. The Kier molecular flexibility index (Phi) is 1.83. The summed E-state index contributed by atoms with van der Waals surface area (Å²) in [6, 6.07) is 0. The van der Waals surface area contributed by atoms with Crippen molar-refractivity contribution in [2.75, 3.05) is 0 Å². The van der Waals surface area contributed by atoms with Gasteiger partial charge in [-0.25, -0.2) is 0 Å². The number of aryl methyl sites for hydroxylation is 1. The van der Waals surface area contributed by atoms with Crippen LogP contribution in [0.2, 0.25) is 0 Å². The van der Waals surface area contributed by atoms with E-state index in [9.17, 15) is 4.79 Å². The largest absolute Gasteiger partial charge is 0.481 e. The molecule has 1 saturated carbocycles. The Balaban J connectivity index is 2.07. The lowest BCUT2D eigenvalue weighted by Crippen LogP contribution is -1.98. The van der Waals surface area contributed by atoms with E-state index in [2.05, 4.69) is 5.10 Å². The van der Waals surface area contributed by atoms with Crippen LogP contribution in [0.25, 0.3) is 0 Å². The molecule has 1 fully saturated rings. The van der Waals surface area contributed by atoms with Gasteiger partial charge in [-0.05, 0) is 18.9 Å². The van der Waals surface area contributed by atoms with Crippen molar-refractivity contribution in [2.24, 2.45) is 5.92 Å². The maximum absolute atomic E-state index is 10.6. The van der Waals surface area contributed by atoms with Gasteiger partial charge in [0.05, 0.1) is 12.1 Å². The van der Waals surface area contributed by atoms with Crippen molar-refractivity contribution >= 4 is 5.97 Å². The van der Waals surface area contributed by atoms with E-state index in [4.69, 9.17) is 5.11 Å². The molecule has 1 aliphatic carbocycles. The van der Waals surface area contributed by atoms with Gasteiger partial charge >= 0.3 is 5.97 Å². The van der Waals surface area contributed by atoms with Crippen LogP contribution in [0.4, 0.5) is 0 Å². The quantitative estimate of drug-likeness (QED) is 0.757. The molecule has 2 unspecified atom stereocenters. The van der Waals surface area contributed by atoms with Gasteiger partial charge in [-0.1, -0.05) is 0 Å². The molecular formula is C9H12N2O2. The van der Waals surface area contributed by atoms with Crippen molar-refractivity contribution in [2.45, 2.75) is 25.8 Å². The molecule has 70 valence electrons. The van der Waals surface area contributed by atoms with Gasteiger partial charge in [-0.3, -0.25) is 9.48 Å². The van der Waals surface area contributed by atoms with Crippen LogP contribution in [0.3, 0.4) is 0 Å². The summed E-state index contributed by atoms with van der Waals surface area (Å²) in [6.45, 7) is 2.85.